The maximum Gasteiger partial charge on any atom is 0.243 e. The van der Waals surface area contributed by atoms with Gasteiger partial charge in [0.25, 0.3) is 0 Å². The molecular weight excluding hydrogens is 284 g/mol. The maximum absolute atomic E-state index is 12.9. The fourth-order valence-corrected chi connectivity index (χ4v) is 5.06. The van der Waals surface area contributed by atoms with Crippen LogP contribution in [0.25, 0.3) is 10.9 Å². The number of hydrogen-bond donors (Lipinski definition) is 1. The van der Waals surface area contributed by atoms with Crippen molar-refractivity contribution in [2.45, 2.75) is 32.1 Å². The van der Waals surface area contributed by atoms with Gasteiger partial charge in [0.15, 0.2) is 0 Å². The van der Waals surface area contributed by atoms with E-state index in [0.717, 1.165) is 22.9 Å². The van der Waals surface area contributed by atoms with E-state index in [1.807, 2.05) is 19.2 Å². The van der Waals surface area contributed by atoms with Crippen molar-refractivity contribution in [2.75, 3.05) is 13.1 Å². The van der Waals surface area contributed by atoms with Gasteiger partial charge in [0, 0.05) is 30.2 Å². The number of aromatic amines is 1. The lowest BCUT2D eigenvalue weighted by molar-refractivity contribution is 0.222. The van der Waals surface area contributed by atoms with E-state index in [0.29, 0.717) is 29.8 Å². The van der Waals surface area contributed by atoms with Gasteiger partial charge >= 0.3 is 0 Å². The molecule has 0 amide bonds. The van der Waals surface area contributed by atoms with E-state index in [9.17, 15) is 8.42 Å². The zero-order chi connectivity index (χ0) is 15.2. The first-order chi connectivity index (χ1) is 9.88. The van der Waals surface area contributed by atoms with Gasteiger partial charge in [-0.25, -0.2) is 8.42 Å². The Morgan fingerprint density at radius 1 is 1.19 bits per heavy atom. The molecule has 1 fully saturated rings. The van der Waals surface area contributed by atoms with Crippen LogP contribution < -0.4 is 0 Å². The van der Waals surface area contributed by atoms with Crippen molar-refractivity contribution in [1.82, 2.24) is 9.29 Å². The number of hydrogen-bond acceptors (Lipinski definition) is 2. The van der Waals surface area contributed by atoms with E-state index in [4.69, 9.17) is 0 Å². The number of sulfonamides is 1. The number of H-pyrrole nitrogens is 1. The molecule has 0 aliphatic carbocycles. The molecule has 3 rings (SSSR count). The lowest BCUT2D eigenvalue weighted by Crippen LogP contribution is -2.42. The second-order valence-corrected chi connectivity index (χ2v) is 8.39. The first-order valence-corrected chi connectivity index (χ1v) is 8.90. The van der Waals surface area contributed by atoms with Crippen LogP contribution in [0.5, 0.6) is 0 Å². The van der Waals surface area contributed by atoms with Gasteiger partial charge in [-0.1, -0.05) is 13.8 Å². The minimum absolute atomic E-state index is 0.402. The van der Waals surface area contributed by atoms with Crippen molar-refractivity contribution in [2.24, 2.45) is 11.8 Å². The fraction of sp³-hybridized carbons (Fsp3) is 0.500. The second-order valence-electron chi connectivity index (χ2n) is 6.45. The highest BCUT2D eigenvalue weighted by atomic mass is 32.2. The number of nitrogens with zero attached hydrogens (tertiary/aromatic N) is 1. The molecule has 1 N–H and O–H groups in total. The quantitative estimate of drug-likeness (QED) is 0.926. The Hall–Kier alpha value is -1.33. The van der Waals surface area contributed by atoms with Crippen molar-refractivity contribution in [1.29, 1.82) is 0 Å². The lowest BCUT2D eigenvalue weighted by Gasteiger charge is -2.34. The molecule has 21 heavy (non-hydrogen) atoms. The summed E-state index contributed by atoms with van der Waals surface area (Å²) < 4.78 is 27.4. The van der Waals surface area contributed by atoms with Gasteiger partial charge in [0.2, 0.25) is 10.0 Å². The minimum atomic E-state index is -3.39. The zero-order valence-electron chi connectivity index (χ0n) is 12.8. The number of aromatic nitrogens is 1. The first-order valence-electron chi connectivity index (χ1n) is 7.46. The molecule has 1 aromatic heterocycles. The van der Waals surface area contributed by atoms with Crippen LogP contribution in [-0.4, -0.2) is 30.8 Å². The van der Waals surface area contributed by atoms with E-state index < -0.39 is 10.0 Å². The molecule has 5 heteroatoms. The molecule has 0 bridgehead atoms. The summed E-state index contributed by atoms with van der Waals surface area (Å²) in [6.45, 7) is 7.48. The highest BCUT2D eigenvalue weighted by Crippen LogP contribution is 2.28. The second kappa shape index (κ2) is 5.14. The molecule has 1 aliphatic heterocycles. The van der Waals surface area contributed by atoms with Crippen LogP contribution in [0.4, 0.5) is 0 Å². The van der Waals surface area contributed by atoms with Gasteiger partial charge in [0.05, 0.1) is 4.90 Å². The summed E-state index contributed by atoms with van der Waals surface area (Å²) in [6.07, 6.45) is 3.01. The normalized spacial score (nSPS) is 24.5. The maximum atomic E-state index is 12.9. The zero-order valence-corrected chi connectivity index (χ0v) is 13.6. The van der Waals surface area contributed by atoms with E-state index in [-0.39, 0.29) is 0 Å². The summed E-state index contributed by atoms with van der Waals surface area (Å²) in [5.41, 5.74) is 2.05. The van der Waals surface area contributed by atoms with Crippen LogP contribution in [0, 0.1) is 18.8 Å². The highest BCUT2D eigenvalue weighted by molar-refractivity contribution is 7.89. The smallest absolute Gasteiger partial charge is 0.243 e. The Labute approximate surface area is 126 Å². The first kappa shape index (κ1) is 14.6. The van der Waals surface area contributed by atoms with E-state index in [1.54, 1.807) is 16.4 Å². The lowest BCUT2D eigenvalue weighted by atomic mass is 9.94. The molecule has 1 aliphatic rings. The minimum Gasteiger partial charge on any atom is -0.361 e. The Kier molecular flexibility index (Phi) is 3.58. The number of benzene rings is 1. The predicted octanol–water partition coefficient (Wildman–Crippen LogP) is 3.14. The monoisotopic (exact) mass is 306 g/mol. The Bertz CT molecular complexity index is 754. The van der Waals surface area contributed by atoms with Crippen molar-refractivity contribution < 1.29 is 8.42 Å². The molecule has 4 nitrogen and oxygen atoms in total. The van der Waals surface area contributed by atoms with Crippen LogP contribution in [0.15, 0.2) is 29.3 Å². The largest absolute Gasteiger partial charge is 0.361 e. The third kappa shape index (κ3) is 2.60. The number of rotatable bonds is 2. The summed E-state index contributed by atoms with van der Waals surface area (Å²) in [7, 11) is -3.39. The van der Waals surface area contributed by atoms with Gasteiger partial charge in [-0.2, -0.15) is 4.31 Å². The molecule has 2 unspecified atom stereocenters. The molecule has 2 heterocycles. The summed E-state index contributed by atoms with van der Waals surface area (Å²) in [4.78, 5) is 3.55. The van der Waals surface area contributed by atoms with Gasteiger partial charge < -0.3 is 4.98 Å². The molecule has 2 aromatic rings. The standard InChI is InChI=1S/C16H22N2O2S/c1-11-6-12(2)10-18(9-11)21(19,20)14-4-5-16-15(7-14)13(3)8-17-16/h4-5,7-8,11-12,17H,6,9-10H2,1-3H3. The Morgan fingerprint density at radius 2 is 1.86 bits per heavy atom. The van der Waals surface area contributed by atoms with E-state index in [2.05, 4.69) is 18.8 Å². The van der Waals surface area contributed by atoms with E-state index >= 15 is 0 Å². The molecule has 0 saturated carbocycles. The van der Waals surface area contributed by atoms with Crippen molar-refractivity contribution in [3.05, 3.63) is 30.0 Å². The molecule has 0 spiro atoms. The van der Waals surface area contributed by atoms with Crippen LogP contribution in [0.3, 0.4) is 0 Å². The van der Waals surface area contributed by atoms with Gasteiger partial charge in [0.1, 0.15) is 0 Å². The van der Waals surface area contributed by atoms with Crippen LogP contribution >= 0.6 is 0 Å². The number of piperidine rings is 1. The molecular formula is C16H22N2O2S. The summed E-state index contributed by atoms with van der Waals surface area (Å²) >= 11 is 0. The molecule has 114 valence electrons. The van der Waals surface area contributed by atoms with Crippen LogP contribution in [-0.2, 0) is 10.0 Å². The SMILES string of the molecule is Cc1c[nH]c2ccc(S(=O)(=O)N3CC(C)CC(C)C3)cc12. The Balaban J connectivity index is 2.01. The van der Waals surface area contributed by atoms with Gasteiger partial charge in [-0.15, -0.1) is 0 Å². The van der Waals surface area contributed by atoms with Crippen molar-refractivity contribution in [3.63, 3.8) is 0 Å². The highest BCUT2D eigenvalue weighted by Gasteiger charge is 2.31. The van der Waals surface area contributed by atoms with Crippen LogP contribution in [0.2, 0.25) is 0 Å². The number of aryl methyl sites for hydroxylation is 1. The third-order valence-electron chi connectivity index (χ3n) is 4.33. The summed E-state index contributed by atoms with van der Waals surface area (Å²) in [6, 6.07) is 5.35. The third-order valence-corrected chi connectivity index (χ3v) is 6.16. The van der Waals surface area contributed by atoms with Gasteiger partial charge in [-0.3, -0.25) is 0 Å². The van der Waals surface area contributed by atoms with Crippen molar-refractivity contribution in [3.8, 4) is 0 Å². The molecule has 0 radical (unpaired) electrons. The van der Waals surface area contributed by atoms with Crippen molar-refractivity contribution >= 4 is 20.9 Å². The Morgan fingerprint density at radius 3 is 2.52 bits per heavy atom. The average molecular weight is 306 g/mol. The van der Waals surface area contributed by atoms with E-state index in [1.165, 1.54) is 0 Å². The average Bonchev–Trinajstić information content (AvgIpc) is 2.79. The number of fused-ring (bicyclic) bond motifs is 1. The molecule has 2 atom stereocenters. The summed E-state index contributed by atoms with van der Waals surface area (Å²) in [5.74, 6) is 0.836. The van der Waals surface area contributed by atoms with Crippen LogP contribution in [0.1, 0.15) is 25.8 Å². The topological polar surface area (TPSA) is 53.2 Å². The molecule has 1 aromatic carbocycles. The fourth-order valence-electron chi connectivity index (χ4n) is 3.35. The van der Waals surface area contributed by atoms with Gasteiger partial charge in [-0.05, 0) is 48.9 Å². The molecule has 1 saturated heterocycles. The summed E-state index contributed by atoms with van der Waals surface area (Å²) in [5, 5.41) is 0.981. The number of nitrogens with one attached hydrogen (secondary N) is 1. The predicted molar refractivity (Wildman–Crippen MR) is 84.7 cm³/mol.